The van der Waals surface area contributed by atoms with Crippen molar-refractivity contribution >= 4 is 5.91 Å². The lowest BCUT2D eigenvalue weighted by Gasteiger charge is -2.20. The van der Waals surface area contributed by atoms with E-state index < -0.39 is 0 Å². The first-order valence-corrected chi connectivity index (χ1v) is 5.63. The van der Waals surface area contributed by atoms with Gasteiger partial charge in [-0.2, -0.15) is 0 Å². The van der Waals surface area contributed by atoms with Crippen LogP contribution in [0.4, 0.5) is 0 Å². The Morgan fingerprint density at radius 2 is 2.31 bits per heavy atom. The monoisotopic (exact) mass is 223 g/mol. The van der Waals surface area contributed by atoms with E-state index >= 15 is 0 Å². The molecule has 4 nitrogen and oxygen atoms in total. The molecule has 1 rings (SSSR count). The normalized spacial score (nSPS) is 12.5. The minimum Gasteiger partial charge on any atom is -0.357 e. The maximum Gasteiger partial charge on any atom is 0.239 e. The molecule has 1 atom stereocenters. The number of nitrogens with one attached hydrogen (secondary N) is 1. The number of likely N-dealkylation sites (N-methyl/N-ethyl adjacent to an activating group) is 1. The van der Waals surface area contributed by atoms with Crippen molar-refractivity contribution in [1.82, 2.24) is 14.8 Å². The fraction of sp³-hybridized carbons (Fsp3) is 0.583. The summed E-state index contributed by atoms with van der Waals surface area (Å²) in [5.41, 5.74) is 1.20. The molecular weight excluding hydrogens is 202 g/mol. The van der Waals surface area contributed by atoms with Crippen LogP contribution in [0, 0.1) is 0 Å². The SMILES string of the molecule is CCN(C)C(=O)C(C)NCc1ccn(C)c1. The van der Waals surface area contributed by atoms with Gasteiger partial charge >= 0.3 is 0 Å². The van der Waals surface area contributed by atoms with Crippen LogP contribution in [0.1, 0.15) is 19.4 Å². The van der Waals surface area contributed by atoms with Crippen LogP contribution in [0.3, 0.4) is 0 Å². The predicted molar refractivity (Wildman–Crippen MR) is 65.0 cm³/mol. The molecule has 0 aliphatic heterocycles. The molecule has 1 aromatic heterocycles. The Hall–Kier alpha value is -1.29. The van der Waals surface area contributed by atoms with Gasteiger partial charge in [0.25, 0.3) is 0 Å². The summed E-state index contributed by atoms with van der Waals surface area (Å²) < 4.78 is 2.00. The van der Waals surface area contributed by atoms with E-state index in [1.54, 1.807) is 4.90 Å². The van der Waals surface area contributed by atoms with Crippen LogP contribution < -0.4 is 5.32 Å². The van der Waals surface area contributed by atoms with Crippen LogP contribution in [-0.2, 0) is 18.4 Å². The number of nitrogens with zero attached hydrogens (tertiary/aromatic N) is 2. The number of aryl methyl sites for hydroxylation is 1. The molecule has 1 heterocycles. The lowest BCUT2D eigenvalue weighted by atomic mass is 10.2. The number of aromatic nitrogens is 1. The van der Waals surface area contributed by atoms with Crippen molar-refractivity contribution in [2.75, 3.05) is 13.6 Å². The number of hydrogen-bond donors (Lipinski definition) is 1. The predicted octanol–water partition coefficient (Wildman–Crippen LogP) is 0.981. The van der Waals surface area contributed by atoms with Crippen molar-refractivity contribution in [3.05, 3.63) is 24.0 Å². The molecule has 0 bridgehead atoms. The van der Waals surface area contributed by atoms with Crippen LogP contribution in [-0.4, -0.2) is 35.0 Å². The number of carbonyl (C=O) groups is 1. The Balaban J connectivity index is 2.40. The molecule has 1 unspecified atom stereocenters. The van der Waals surface area contributed by atoms with Gasteiger partial charge < -0.3 is 14.8 Å². The van der Waals surface area contributed by atoms with Crippen LogP contribution in [0.5, 0.6) is 0 Å². The van der Waals surface area contributed by atoms with Gasteiger partial charge in [0.2, 0.25) is 5.91 Å². The van der Waals surface area contributed by atoms with Crippen LogP contribution in [0.2, 0.25) is 0 Å². The Labute approximate surface area is 97.2 Å². The zero-order chi connectivity index (χ0) is 12.1. The van der Waals surface area contributed by atoms with E-state index in [0.717, 1.165) is 13.1 Å². The standard InChI is InChI=1S/C12H21N3O/c1-5-15(4)12(16)10(2)13-8-11-6-7-14(3)9-11/h6-7,9-10,13H,5,8H2,1-4H3. The van der Waals surface area contributed by atoms with Crippen molar-refractivity contribution < 1.29 is 4.79 Å². The van der Waals surface area contributed by atoms with E-state index in [0.29, 0.717) is 0 Å². The molecule has 0 aliphatic carbocycles. The molecule has 1 aromatic rings. The number of amides is 1. The molecule has 1 N–H and O–H groups in total. The molecule has 0 radical (unpaired) electrons. The first kappa shape index (κ1) is 12.8. The fourth-order valence-electron chi connectivity index (χ4n) is 1.51. The Kier molecular flexibility index (Phi) is 4.55. The van der Waals surface area contributed by atoms with E-state index in [1.807, 2.05) is 51.0 Å². The number of carbonyl (C=O) groups excluding carboxylic acids is 1. The van der Waals surface area contributed by atoms with E-state index in [4.69, 9.17) is 0 Å². The maximum atomic E-state index is 11.8. The van der Waals surface area contributed by atoms with Crippen molar-refractivity contribution in [3.63, 3.8) is 0 Å². The molecule has 0 saturated heterocycles. The maximum absolute atomic E-state index is 11.8. The molecule has 0 fully saturated rings. The molecular formula is C12H21N3O. The lowest BCUT2D eigenvalue weighted by molar-refractivity contribution is -0.131. The highest BCUT2D eigenvalue weighted by Gasteiger charge is 2.15. The summed E-state index contributed by atoms with van der Waals surface area (Å²) in [5, 5.41) is 3.22. The summed E-state index contributed by atoms with van der Waals surface area (Å²) in [7, 11) is 3.81. The summed E-state index contributed by atoms with van der Waals surface area (Å²) in [4.78, 5) is 13.5. The Morgan fingerprint density at radius 1 is 1.62 bits per heavy atom. The second kappa shape index (κ2) is 5.70. The third kappa shape index (κ3) is 3.38. The van der Waals surface area contributed by atoms with Crippen molar-refractivity contribution in [1.29, 1.82) is 0 Å². The second-order valence-corrected chi connectivity index (χ2v) is 4.14. The van der Waals surface area contributed by atoms with Gasteiger partial charge in [-0.25, -0.2) is 0 Å². The highest BCUT2D eigenvalue weighted by molar-refractivity contribution is 5.81. The van der Waals surface area contributed by atoms with Gasteiger partial charge in [-0.15, -0.1) is 0 Å². The average Bonchev–Trinajstić information content (AvgIpc) is 2.69. The molecule has 0 saturated carbocycles. The first-order valence-electron chi connectivity index (χ1n) is 5.63. The minimum atomic E-state index is -0.134. The van der Waals surface area contributed by atoms with Crippen molar-refractivity contribution in [3.8, 4) is 0 Å². The van der Waals surface area contributed by atoms with Gasteiger partial charge in [-0.3, -0.25) is 4.79 Å². The van der Waals surface area contributed by atoms with E-state index in [1.165, 1.54) is 5.56 Å². The molecule has 0 aliphatic rings. The molecule has 16 heavy (non-hydrogen) atoms. The Bertz CT molecular complexity index is 346. The minimum absolute atomic E-state index is 0.134. The van der Waals surface area contributed by atoms with E-state index in [2.05, 4.69) is 5.32 Å². The van der Waals surface area contributed by atoms with Gasteiger partial charge in [0.15, 0.2) is 0 Å². The van der Waals surface area contributed by atoms with Gasteiger partial charge in [0.1, 0.15) is 0 Å². The summed E-state index contributed by atoms with van der Waals surface area (Å²) in [6, 6.07) is 1.92. The lowest BCUT2D eigenvalue weighted by Crippen LogP contribution is -2.42. The molecule has 0 aromatic carbocycles. The summed E-state index contributed by atoms with van der Waals surface area (Å²) in [5.74, 6) is 0.137. The third-order valence-electron chi connectivity index (χ3n) is 2.73. The third-order valence-corrected chi connectivity index (χ3v) is 2.73. The second-order valence-electron chi connectivity index (χ2n) is 4.14. The molecule has 1 amide bonds. The van der Waals surface area contributed by atoms with Crippen LogP contribution >= 0.6 is 0 Å². The number of rotatable bonds is 5. The summed E-state index contributed by atoms with van der Waals surface area (Å²) in [6.07, 6.45) is 4.05. The van der Waals surface area contributed by atoms with E-state index in [-0.39, 0.29) is 11.9 Å². The van der Waals surface area contributed by atoms with Crippen LogP contribution in [0.15, 0.2) is 18.5 Å². The fourth-order valence-corrected chi connectivity index (χ4v) is 1.51. The molecule has 90 valence electrons. The van der Waals surface area contributed by atoms with Crippen molar-refractivity contribution in [2.24, 2.45) is 7.05 Å². The zero-order valence-electron chi connectivity index (χ0n) is 10.5. The molecule has 0 spiro atoms. The first-order chi connectivity index (χ1) is 7.54. The average molecular weight is 223 g/mol. The van der Waals surface area contributed by atoms with Crippen LogP contribution in [0.25, 0.3) is 0 Å². The quantitative estimate of drug-likeness (QED) is 0.808. The summed E-state index contributed by atoms with van der Waals surface area (Å²) >= 11 is 0. The van der Waals surface area contributed by atoms with Gasteiger partial charge in [-0.1, -0.05) is 0 Å². The zero-order valence-corrected chi connectivity index (χ0v) is 10.5. The highest BCUT2D eigenvalue weighted by Crippen LogP contribution is 2.00. The van der Waals surface area contributed by atoms with Gasteiger partial charge in [-0.05, 0) is 25.5 Å². The topological polar surface area (TPSA) is 37.3 Å². The van der Waals surface area contributed by atoms with Gasteiger partial charge in [0, 0.05) is 39.6 Å². The molecule has 4 heteroatoms. The number of hydrogen-bond acceptors (Lipinski definition) is 2. The summed E-state index contributed by atoms with van der Waals surface area (Å²) in [6.45, 7) is 5.35. The van der Waals surface area contributed by atoms with Gasteiger partial charge in [0.05, 0.1) is 6.04 Å². The van der Waals surface area contributed by atoms with Crippen molar-refractivity contribution in [2.45, 2.75) is 26.4 Å². The largest absolute Gasteiger partial charge is 0.357 e. The Morgan fingerprint density at radius 3 is 2.81 bits per heavy atom. The smallest absolute Gasteiger partial charge is 0.239 e. The van der Waals surface area contributed by atoms with E-state index in [9.17, 15) is 4.79 Å². The highest BCUT2D eigenvalue weighted by atomic mass is 16.2.